The van der Waals surface area contributed by atoms with Gasteiger partial charge in [-0.25, -0.2) is 0 Å². The zero-order valence-corrected chi connectivity index (χ0v) is 9.89. The van der Waals surface area contributed by atoms with Crippen molar-refractivity contribution in [3.63, 3.8) is 0 Å². The first-order valence-electron chi connectivity index (χ1n) is 6.03. The molecule has 2 rings (SSSR count). The Balaban J connectivity index is 1.82. The van der Waals surface area contributed by atoms with Crippen LogP contribution >= 0.6 is 0 Å². The van der Waals surface area contributed by atoms with E-state index in [-0.39, 0.29) is 0 Å². The zero-order chi connectivity index (χ0) is 11.9. The Hall–Kier alpha value is -1.89. The minimum Gasteiger partial charge on any atom is -0.305 e. The molecule has 0 fully saturated rings. The quantitative estimate of drug-likeness (QED) is 0.739. The lowest BCUT2D eigenvalue weighted by molar-refractivity contribution is 0.863. The van der Waals surface area contributed by atoms with Crippen LogP contribution in [-0.4, -0.2) is 5.71 Å². The van der Waals surface area contributed by atoms with E-state index in [9.17, 15) is 0 Å². The third-order valence-electron chi connectivity index (χ3n) is 2.86. The second-order valence-electron chi connectivity index (χ2n) is 4.18. The smallest absolute Gasteiger partial charge is 0.0386 e. The molecule has 0 heterocycles. The van der Waals surface area contributed by atoms with Gasteiger partial charge in [0.25, 0.3) is 0 Å². The number of aryl methyl sites for hydroxylation is 1. The number of nitrogens with one attached hydrogen (secondary N) is 1. The average Bonchev–Trinajstić information content (AvgIpc) is 2.41. The van der Waals surface area contributed by atoms with E-state index in [0.717, 1.165) is 30.5 Å². The number of benzene rings is 2. The first-order chi connectivity index (χ1) is 8.36. The summed E-state index contributed by atoms with van der Waals surface area (Å²) in [5, 5.41) is 8.00. The molecule has 17 heavy (non-hydrogen) atoms. The predicted octanol–water partition coefficient (Wildman–Crippen LogP) is 4.08. The van der Waals surface area contributed by atoms with Gasteiger partial charge in [-0.1, -0.05) is 60.7 Å². The highest BCUT2D eigenvalue weighted by atomic mass is 14.4. The molecule has 0 unspecified atom stereocenters. The summed E-state index contributed by atoms with van der Waals surface area (Å²) in [6.07, 6.45) is 2.94. The largest absolute Gasteiger partial charge is 0.305 e. The standard InChI is InChI=1S/C16H17N/c17-16(15-11-5-2-6-12-15)13-7-10-14-8-3-1-4-9-14/h1-6,8-9,11-12,17H,7,10,13H2. The van der Waals surface area contributed by atoms with Crippen molar-refractivity contribution in [1.82, 2.24) is 0 Å². The van der Waals surface area contributed by atoms with Gasteiger partial charge in [0, 0.05) is 5.71 Å². The summed E-state index contributed by atoms with van der Waals surface area (Å²) in [7, 11) is 0. The summed E-state index contributed by atoms with van der Waals surface area (Å²) in [6, 6.07) is 20.4. The van der Waals surface area contributed by atoms with Crippen LogP contribution in [0, 0.1) is 5.41 Å². The molecule has 0 saturated heterocycles. The molecule has 0 aliphatic carbocycles. The van der Waals surface area contributed by atoms with Gasteiger partial charge < -0.3 is 5.41 Å². The van der Waals surface area contributed by atoms with Crippen LogP contribution in [0.5, 0.6) is 0 Å². The van der Waals surface area contributed by atoms with Crippen molar-refractivity contribution in [1.29, 1.82) is 5.41 Å². The van der Waals surface area contributed by atoms with E-state index in [1.165, 1.54) is 5.56 Å². The topological polar surface area (TPSA) is 23.9 Å². The number of hydrogen-bond acceptors (Lipinski definition) is 1. The van der Waals surface area contributed by atoms with Crippen LogP contribution in [0.1, 0.15) is 24.0 Å². The van der Waals surface area contributed by atoms with Gasteiger partial charge in [0.05, 0.1) is 0 Å². The Morgan fingerprint density at radius 3 is 2.06 bits per heavy atom. The molecule has 0 saturated carbocycles. The van der Waals surface area contributed by atoms with Gasteiger partial charge in [-0.2, -0.15) is 0 Å². The molecule has 0 aliphatic rings. The lowest BCUT2D eigenvalue weighted by Gasteiger charge is -2.04. The molecule has 0 amide bonds. The van der Waals surface area contributed by atoms with E-state index in [4.69, 9.17) is 5.41 Å². The molecule has 1 nitrogen and oxygen atoms in total. The van der Waals surface area contributed by atoms with Crippen molar-refractivity contribution >= 4 is 5.71 Å². The molecule has 0 spiro atoms. The fourth-order valence-electron chi connectivity index (χ4n) is 1.90. The average molecular weight is 223 g/mol. The third kappa shape index (κ3) is 3.56. The van der Waals surface area contributed by atoms with E-state index in [0.29, 0.717) is 0 Å². The minimum absolute atomic E-state index is 0.738. The lowest BCUT2D eigenvalue weighted by Crippen LogP contribution is -1.99. The summed E-state index contributed by atoms with van der Waals surface area (Å²) < 4.78 is 0. The molecular weight excluding hydrogens is 206 g/mol. The molecule has 0 atom stereocenters. The monoisotopic (exact) mass is 223 g/mol. The molecule has 1 heteroatoms. The maximum Gasteiger partial charge on any atom is 0.0386 e. The van der Waals surface area contributed by atoms with Gasteiger partial charge in [0.2, 0.25) is 0 Å². The minimum atomic E-state index is 0.738. The molecule has 0 aromatic heterocycles. The van der Waals surface area contributed by atoms with Crippen molar-refractivity contribution in [2.24, 2.45) is 0 Å². The molecular formula is C16H17N. The number of rotatable bonds is 5. The fourth-order valence-corrected chi connectivity index (χ4v) is 1.90. The van der Waals surface area contributed by atoms with Crippen LogP contribution < -0.4 is 0 Å². The van der Waals surface area contributed by atoms with Gasteiger partial charge >= 0.3 is 0 Å². The Kier molecular flexibility index (Phi) is 4.09. The van der Waals surface area contributed by atoms with Crippen molar-refractivity contribution in [2.75, 3.05) is 0 Å². The second kappa shape index (κ2) is 6.00. The molecule has 2 aromatic rings. The van der Waals surface area contributed by atoms with E-state index in [1.807, 2.05) is 36.4 Å². The van der Waals surface area contributed by atoms with E-state index >= 15 is 0 Å². The Bertz CT molecular complexity index is 459. The molecule has 2 aromatic carbocycles. The summed E-state index contributed by atoms with van der Waals surface area (Å²) in [5.41, 5.74) is 3.13. The SMILES string of the molecule is N=C(CCCc1ccccc1)c1ccccc1. The Labute approximate surface area is 103 Å². The normalized spacial score (nSPS) is 10.1. The van der Waals surface area contributed by atoms with Gasteiger partial charge in [-0.3, -0.25) is 0 Å². The molecule has 1 N–H and O–H groups in total. The van der Waals surface area contributed by atoms with Gasteiger partial charge in [-0.05, 0) is 30.4 Å². The third-order valence-corrected chi connectivity index (χ3v) is 2.86. The van der Waals surface area contributed by atoms with Crippen LogP contribution in [0.25, 0.3) is 0 Å². The van der Waals surface area contributed by atoms with Gasteiger partial charge in [-0.15, -0.1) is 0 Å². The highest BCUT2D eigenvalue weighted by Crippen LogP contribution is 2.09. The molecule has 86 valence electrons. The van der Waals surface area contributed by atoms with Crippen molar-refractivity contribution in [2.45, 2.75) is 19.3 Å². The van der Waals surface area contributed by atoms with E-state index in [1.54, 1.807) is 0 Å². The van der Waals surface area contributed by atoms with E-state index in [2.05, 4.69) is 24.3 Å². The van der Waals surface area contributed by atoms with Gasteiger partial charge in [0.15, 0.2) is 0 Å². The first-order valence-corrected chi connectivity index (χ1v) is 6.03. The van der Waals surface area contributed by atoms with Crippen LogP contribution in [0.3, 0.4) is 0 Å². The predicted molar refractivity (Wildman–Crippen MR) is 72.7 cm³/mol. The van der Waals surface area contributed by atoms with Gasteiger partial charge in [0.1, 0.15) is 0 Å². The maximum absolute atomic E-state index is 8.00. The Morgan fingerprint density at radius 1 is 0.824 bits per heavy atom. The molecule has 0 radical (unpaired) electrons. The summed E-state index contributed by atoms with van der Waals surface area (Å²) in [5.74, 6) is 0. The van der Waals surface area contributed by atoms with Crippen LogP contribution in [-0.2, 0) is 6.42 Å². The lowest BCUT2D eigenvalue weighted by atomic mass is 10.0. The van der Waals surface area contributed by atoms with Crippen molar-refractivity contribution < 1.29 is 0 Å². The first kappa shape index (κ1) is 11.6. The summed E-state index contributed by atoms with van der Waals surface area (Å²) in [4.78, 5) is 0. The summed E-state index contributed by atoms with van der Waals surface area (Å²) >= 11 is 0. The van der Waals surface area contributed by atoms with Crippen molar-refractivity contribution in [3.05, 3.63) is 71.8 Å². The van der Waals surface area contributed by atoms with Crippen LogP contribution in [0.2, 0.25) is 0 Å². The van der Waals surface area contributed by atoms with Crippen LogP contribution in [0.4, 0.5) is 0 Å². The molecule has 0 bridgehead atoms. The van der Waals surface area contributed by atoms with Crippen LogP contribution in [0.15, 0.2) is 60.7 Å². The fraction of sp³-hybridized carbons (Fsp3) is 0.188. The summed E-state index contributed by atoms with van der Waals surface area (Å²) in [6.45, 7) is 0. The number of hydrogen-bond donors (Lipinski definition) is 1. The second-order valence-corrected chi connectivity index (χ2v) is 4.18. The zero-order valence-electron chi connectivity index (χ0n) is 9.89. The maximum atomic E-state index is 8.00. The van der Waals surface area contributed by atoms with Crippen molar-refractivity contribution in [3.8, 4) is 0 Å². The highest BCUT2D eigenvalue weighted by Gasteiger charge is 2.00. The van der Waals surface area contributed by atoms with E-state index < -0.39 is 0 Å². The highest BCUT2D eigenvalue weighted by molar-refractivity contribution is 5.98. The Morgan fingerprint density at radius 2 is 1.41 bits per heavy atom. The molecule has 0 aliphatic heterocycles.